The summed E-state index contributed by atoms with van der Waals surface area (Å²) in [4.78, 5) is 6.84. The lowest BCUT2D eigenvalue weighted by molar-refractivity contribution is 0.468. The molecule has 0 radical (unpaired) electrons. The van der Waals surface area contributed by atoms with Gasteiger partial charge in [-0.25, -0.2) is 0 Å². The summed E-state index contributed by atoms with van der Waals surface area (Å²) in [5, 5.41) is 16.1. The largest absolute Gasteiger partial charge is 0.367 e. The molecule has 3 heterocycles. The van der Waals surface area contributed by atoms with Crippen molar-refractivity contribution in [1.29, 1.82) is 0 Å². The van der Waals surface area contributed by atoms with E-state index in [2.05, 4.69) is 50.8 Å². The molecule has 162 valence electrons. The highest BCUT2D eigenvalue weighted by atomic mass is 127. The first-order valence-corrected chi connectivity index (χ1v) is 10.3. The fraction of sp³-hybridized carbons (Fsp3) is 0.650. The summed E-state index contributed by atoms with van der Waals surface area (Å²) in [5.74, 6) is 0.853. The molecule has 0 bridgehead atoms. The zero-order valence-electron chi connectivity index (χ0n) is 18.3. The van der Waals surface area contributed by atoms with Crippen molar-refractivity contribution in [2.45, 2.75) is 52.1 Å². The summed E-state index contributed by atoms with van der Waals surface area (Å²) < 4.78 is 3.87. The molecule has 0 aliphatic carbocycles. The van der Waals surface area contributed by atoms with Gasteiger partial charge in [-0.1, -0.05) is 13.8 Å². The molecule has 2 aromatic rings. The minimum atomic E-state index is 0. The van der Waals surface area contributed by atoms with E-state index in [0.29, 0.717) is 6.04 Å². The maximum Gasteiger partial charge on any atom is 0.191 e. The van der Waals surface area contributed by atoms with Crippen molar-refractivity contribution in [1.82, 2.24) is 30.2 Å². The van der Waals surface area contributed by atoms with Crippen LogP contribution >= 0.6 is 24.0 Å². The topological polar surface area (TPSA) is 75.3 Å². The Hall–Kier alpha value is -1.78. The van der Waals surface area contributed by atoms with Gasteiger partial charge in [0.15, 0.2) is 5.96 Å². The average Bonchev–Trinajstić information content (AvgIpc) is 3.27. The van der Waals surface area contributed by atoms with Crippen LogP contribution in [0.5, 0.6) is 0 Å². The molecule has 1 aliphatic rings. The number of aromatic nitrogens is 4. The zero-order chi connectivity index (χ0) is 20.1. The number of hydrogen-bond donors (Lipinski definition) is 2. The van der Waals surface area contributed by atoms with Crippen molar-refractivity contribution in [3.05, 3.63) is 29.3 Å². The number of aliphatic imine (C=N–C) groups is 1. The summed E-state index contributed by atoms with van der Waals surface area (Å²) in [6.07, 6.45) is 8.25. The van der Waals surface area contributed by atoms with Gasteiger partial charge in [-0.2, -0.15) is 10.2 Å². The van der Waals surface area contributed by atoms with Gasteiger partial charge < -0.3 is 15.5 Å². The fourth-order valence-corrected chi connectivity index (χ4v) is 4.06. The summed E-state index contributed by atoms with van der Waals surface area (Å²) in [6, 6.07) is 0.366. The first kappa shape index (κ1) is 23.5. The Balaban J connectivity index is 0.00000300. The van der Waals surface area contributed by atoms with Crippen molar-refractivity contribution in [3.8, 4) is 0 Å². The summed E-state index contributed by atoms with van der Waals surface area (Å²) in [5.41, 5.74) is 4.95. The summed E-state index contributed by atoms with van der Waals surface area (Å²) >= 11 is 0. The first-order chi connectivity index (χ1) is 13.5. The van der Waals surface area contributed by atoms with Gasteiger partial charge in [0.05, 0.1) is 17.6 Å². The monoisotopic (exact) mass is 514 g/mol. The molecule has 8 nitrogen and oxygen atoms in total. The van der Waals surface area contributed by atoms with Crippen molar-refractivity contribution in [2.75, 3.05) is 25.0 Å². The van der Waals surface area contributed by atoms with E-state index in [-0.39, 0.29) is 24.0 Å². The third-order valence-electron chi connectivity index (χ3n) is 5.50. The second-order valence-electron chi connectivity index (χ2n) is 7.43. The maximum atomic E-state index is 4.67. The molecular weight excluding hydrogens is 479 g/mol. The number of nitrogens with zero attached hydrogens (tertiary/aromatic N) is 6. The van der Waals surface area contributed by atoms with Gasteiger partial charge in [0.1, 0.15) is 0 Å². The second kappa shape index (κ2) is 10.8. The van der Waals surface area contributed by atoms with Crippen LogP contribution in [0.1, 0.15) is 43.6 Å². The van der Waals surface area contributed by atoms with E-state index in [1.165, 1.54) is 22.6 Å². The molecule has 29 heavy (non-hydrogen) atoms. The van der Waals surface area contributed by atoms with E-state index in [0.717, 1.165) is 51.3 Å². The Labute approximate surface area is 191 Å². The highest BCUT2D eigenvalue weighted by molar-refractivity contribution is 14.0. The second-order valence-corrected chi connectivity index (χ2v) is 7.43. The molecule has 1 fully saturated rings. The molecule has 0 aromatic carbocycles. The van der Waals surface area contributed by atoms with Gasteiger partial charge in [-0.15, -0.1) is 24.0 Å². The number of aryl methyl sites for hydroxylation is 3. The van der Waals surface area contributed by atoms with Crippen molar-refractivity contribution in [3.63, 3.8) is 0 Å². The molecule has 1 aliphatic heterocycles. The van der Waals surface area contributed by atoms with Crippen LogP contribution in [0.25, 0.3) is 0 Å². The van der Waals surface area contributed by atoms with Crippen molar-refractivity contribution in [2.24, 2.45) is 19.1 Å². The predicted molar refractivity (Wildman–Crippen MR) is 129 cm³/mol. The van der Waals surface area contributed by atoms with Gasteiger partial charge in [0.2, 0.25) is 0 Å². The molecule has 3 rings (SSSR count). The minimum absolute atomic E-state index is 0. The van der Waals surface area contributed by atoms with E-state index in [1.807, 2.05) is 36.7 Å². The van der Waals surface area contributed by atoms with Crippen LogP contribution in [0.15, 0.2) is 17.4 Å². The van der Waals surface area contributed by atoms with Crippen LogP contribution in [0, 0.1) is 0 Å². The van der Waals surface area contributed by atoms with Crippen molar-refractivity contribution >= 4 is 35.6 Å². The lowest BCUT2D eigenvalue weighted by Gasteiger charge is -2.34. The number of nitrogens with one attached hydrogen (secondary N) is 2. The van der Waals surface area contributed by atoms with Gasteiger partial charge >= 0.3 is 0 Å². The quantitative estimate of drug-likeness (QED) is 0.352. The number of guanidine groups is 1. The van der Waals surface area contributed by atoms with Crippen LogP contribution in [0.4, 0.5) is 5.69 Å². The van der Waals surface area contributed by atoms with Crippen LogP contribution in [0.3, 0.4) is 0 Å². The van der Waals surface area contributed by atoms with Crippen LogP contribution < -0.4 is 15.5 Å². The Morgan fingerprint density at radius 2 is 2.07 bits per heavy atom. The molecule has 0 spiro atoms. The van der Waals surface area contributed by atoms with Crippen LogP contribution in [-0.4, -0.2) is 51.7 Å². The molecule has 0 amide bonds. The standard InChI is InChI=1S/C20H34N8.HI/c1-6-18-17(19(7-2)27(5)25-18)12-22-20(21-3)24-15-9-8-10-28(13-15)16-11-23-26(4)14-16;/h11,14-15H,6-10,12-13H2,1-5H3,(H2,21,22,24);1H. The normalized spacial score (nSPS) is 17.2. The molecule has 1 saturated heterocycles. The lowest BCUT2D eigenvalue weighted by Crippen LogP contribution is -2.51. The van der Waals surface area contributed by atoms with E-state index in [1.54, 1.807) is 0 Å². The maximum absolute atomic E-state index is 4.67. The smallest absolute Gasteiger partial charge is 0.191 e. The average molecular weight is 514 g/mol. The van der Waals surface area contributed by atoms with Gasteiger partial charge in [0, 0.05) is 64.3 Å². The third-order valence-corrected chi connectivity index (χ3v) is 5.50. The van der Waals surface area contributed by atoms with Gasteiger partial charge in [0.25, 0.3) is 0 Å². The highest BCUT2D eigenvalue weighted by Gasteiger charge is 2.22. The Kier molecular flexibility index (Phi) is 8.79. The van der Waals surface area contributed by atoms with Gasteiger partial charge in [-0.3, -0.25) is 14.4 Å². The number of anilines is 1. The Morgan fingerprint density at radius 1 is 1.28 bits per heavy atom. The highest BCUT2D eigenvalue weighted by Crippen LogP contribution is 2.19. The number of hydrogen-bond acceptors (Lipinski definition) is 4. The molecule has 1 atom stereocenters. The zero-order valence-corrected chi connectivity index (χ0v) is 20.6. The van der Waals surface area contributed by atoms with E-state index >= 15 is 0 Å². The molecule has 9 heteroatoms. The van der Waals surface area contributed by atoms with E-state index in [4.69, 9.17) is 0 Å². The Morgan fingerprint density at radius 3 is 2.69 bits per heavy atom. The minimum Gasteiger partial charge on any atom is -0.367 e. The lowest BCUT2D eigenvalue weighted by atomic mass is 10.1. The van der Waals surface area contributed by atoms with E-state index in [9.17, 15) is 0 Å². The fourth-order valence-electron chi connectivity index (χ4n) is 4.06. The Bertz CT molecular complexity index is 810. The number of rotatable bonds is 6. The predicted octanol–water partition coefficient (Wildman–Crippen LogP) is 2.23. The SMILES string of the molecule is CCc1nn(C)c(CC)c1CNC(=NC)NC1CCCN(c2cnn(C)c2)C1.I. The number of halogens is 1. The molecule has 2 aromatic heterocycles. The van der Waals surface area contributed by atoms with E-state index < -0.39 is 0 Å². The summed E-state index contributed by atoms with van der Waals surface area (Å²) in [6.45, 7) is 7.12. The third kappa shape index (κ3) is 5.64. The molecule has 0 saturated carbocycles. The first-order valence-electron chi connectivity index (χ1n) is 10.3. The van der Waals surface area contributed by atoms with Crippen LogP contribution in [0.2, 0.25) is 0 Å². The molecule has 2 N–H and O–H groups in total. The molecule has 1 unspecified atom stereocenters. The molecular formula is C20H35IN8. The van der Waals surface area contributed by atoms with Gasteiger partial charge in [-0.05, 0) is 25.7 Å². The number of piperidine rings is 1. The summed E-state index contributed by atoms with van der Waals surface area (Å²) in [7, 11) is 5.83. The van der Waals surface area contributed by atoms with Crippen molar-refractivity contribution < 1.29 is 0 Å². The van der Waals surface area contributed by atoms with Crippen LogP contribution in [-0.2, 0) is 33.5 Å².